The Morgan fingerprint density at radius 2 is 1.88 bits per heavy atom. The minimum atomic E-state index is -5.22. The minimum Gasteiger partial charge on any atom is -0.790 e. The second-order valence-electron chi connectivity index (χ2n) is 3.13. The molecular weight excluding hydrogens is 277 g/mol. The fourth-order valence-corrected chi connectivity index (χ4v) is 1.70. The van der Waals surface area contributed by atoms with Crippen LogP contribution in [-0.2, 0) is 13.8 Å². The van der Waals surface area contributed by atoms with Crippen LogP contribution in [0.3, 0.4) is 0 Å². The summed E-state index contributed by atoms with van der Waals surface area (Å²) in [5, 5.41) is 27.2. The standard InChI is InChI=1S/C6H13O8P.2Na/c7-2-4-6(9)3(8)1-5(13-4)14-15(10,11)12;;/h3-9H,1-2H2,(H2,10,11,12);;/q;2*+1/p-2/t3-,4-,5+,6+;;/m1../s1. The second-order valence-corrected chi connectivity index (χ2v) is 4.24. The van der Waals surface area contributed by atoms with E-state index in [4.69, 9.17) is 9.84 Å². The topological polar surface area (TPSA) is 142 Å². The third-order valence-corrected chi connectivity index (χ3v) is 2.46. The van der Waals surface area contributed by atoms with Crippen molar-refractivity contribution in [3.8, 4) is 0 Å². The molecule has 0 aromatic rings. The van der Waals surface area contributed by atoms with Crippen LogP contribution < -0.4 is 68.9 Å². The first-order chi connectivity index (χ1) is 6.83. The first kappa shape index (κ1) is 21.3. The maximum Gasteiger partial charge on any atom is 1.00 e. The van der Waals surface area contributed by atoms with Crippen molar-refractivity contribution < 1.29 is 98.0 Å². The first-order valence-corrected chi connectivity index (χ1v) is 5.62. The number of rotatable bonds is 3. The molecule has 3 N–H and O–H groups in total. The van der Waals surface area contributed by atoms with Crippen molar-refractivity contribution in [3.63, 3.8) is 0 Å². The van der Waals surface area contributed by atoms with Gasteiger partial charge in [0.2, 0.25) is 0 Å². The summed E-state index contributed by atoms with van der Waals surface area (Å²) in [5.41, 5.74) is 0. The molecule has 1 rings (SSSR count). The largest absolute Gasteiger partial charge is 1.00 e. The Kier molecular flexibility index (Phi) is 11.2. The van der Waals surface area contributed by atoms with E-state index >= 15 is 0 Å². The molecule has 1 aliphatic heterocycles. The molecule has 1 aliphatic rings. The molecule has 1 saturated heterocycles. The van der Waals surface area contributed by atoms with Gasteiger partial charge in [-0.25, -0.2) is 0 Å². The minimum absolute atomic E-state index is 0. The molecule has 11 heteroatoms. The van der Waals surface area contributed by atoms with E-state index in [9.17, 15) is 24.6 Å². The molecule has 1 heterocycles. The number of phosphoric acid groups is 1. The van der Waals surface area contributed by atoms with Crippen molar-refractivity contribution in [1.29, 1.82) is 0 Å². The Bertz CT molecular complexity index is 260. The summed E-state index contributed by atoms with van der Waals surface area (Å²) >= 11 is 0. The van der Waals surface area contributed by atoms with E-state index in [-0.39, 0.29) is 65.5 Å². The van der Waals surface area contributed by atoms with E-state index in [0.29, 0.717) is 0 Å². The van der Waals surface area contributed by atoms with Gasteiger partial charge >= 0.3 is 59.1 Å². The van der Waals surface area contributed by atoms with E-state index in [1.54, 1.807) is 0 Å². The molecule has 17 heavy (non-hydrogen) atoms. The average Bonchev–Trinajstić information content (AvgIpc) is 2.08. The summed E-state index contributed by atoms with van der Waals surface area (Å²) < 4.78 is 19.0. The number of ether oxygens (including phenoxy) is 1. The predicted octanol–water partition coefficient (Wildman–Crippen LogP) is -9.33. The molecule has 90 valence electrons. The van der Waals surface area contributed by atoms with E-state index in [2.05, 4.69) is 4.52 Å². The Labute approximate surface area is 142 Å². The van der Waals surface area contributed by atoms with Gasteiger partial charge in [-0.1, -0.05) is 0 Å². The van der Waals surface area contributed by atoms with Gasteiger partial charge in [0.15, 0.2) is 6.29 Å². The SMILES string of the molecule is O=P([O-])([O-])O[C@H]1C[C@@H](O)[C@H](O)[C@@H](CO)O1.[Na+].[Na+]. The zero-order valence-electron chi connectivity index (χ0n) is 9.55. The van der Waals surface area contributed by atoms with Gasteiger partial charge in [0.05, 0.1) is 20.5 Å². The molecule has 1 fully saturated rings. The molecule has 4 atom stereocenters. The monoisotopic (exact) mass is 288 g/mol. The fourth-order valence-electron chi connectivity index (χ4n) is 1.28. The molecule has 0 unspecified atom stereocenters. The number of phosphoric ester groups is 1. The molecule has 0 saturated carbocycles. The third-order valence-electron chi connectivity index (χ3n) is 1.96. The number of hydrogen-bond acceptors (Lipinski definition) is 8. The molecule has 0 aromatic heterocycles. The Hall–Kier alpha value is 1.95. The van der Waals surface area contributed by atoms with Crippen molar-refractivity contribution in [2.45, 2.75) is 31.0 Å². The number of hydrogen-bond donors (Lipinski definition) is 3. The molecule has 0 bridgehead atoms. The van der Waals surface area contributed by atoms with Crippen LogP contribution in [0.25, 0.3) is 0 Å². The van der Waals surface area contributed by atoms with Crippen molar-refractivity contribution in [1.82, 2.24) is 0 Å². The van der Waals surface area contributed by atoms with Crippen LogP contribution in [0, 0.1) is 0 Å². The summed E-state index contributed by atoms with van der Waals surface area (Å²) in [5.74, 6) is 0. The van der Waals surface area contributed by atoms with Gasteiger partial charge in [-0.3, -0.25) is 0 Å². The molecular formula is C6H11Na2O8P. The Morgan fingerprint density at radius 3 is 2.29 bits per heavy atom. The predicted molar refractivity (Wildman–Crippen MR) is 41.1 cm³/mol. The maximum absolute atomic E-state index is 10.2. The van der Waals surface area contributed by atoms with E-state index in [1.165, 1.54) is 0 Å². The van der Waals surface area contributed by atoms with Gasteiger partial charge < -0.3 is 38.9 Å². The summed E-state index contributed by atoms with van der Waals surface area (Å²) in [7, 11) is -5.22. The summed E-state index contributed by atoms with van der Waals surface area (Å²) in [6, 6.07) is 0. The number of aliphatic hydroxyl groups excluding tert-OH is 3. The average molecular weight is 288 g/mol. The van der Waals surface area contributed by atoms with Crippen molar-refractivity contribution in [3.05, 3.63) is 0 Å². The normalized spacial score (nSPS) is 33.5. The van der Waals surface area contributed by atoms with E-state index in [1.807, 2.05) is 0 Å². The van der Waals surface area contributed by atoms with Gasteiger partial charge in [0.1, 0.15) is 12.2 Å². The van der Waals surface area contributed by atoms with Gasteiger partial charge in [-0.2, -0.15) is 0 Å². The van der Waals surface area contributed by atoms with Crippen LogP contribution >= 0.6 is 7.82 Å². The van der Waals surface area contributed by atoms with Gasteiger partial charge in [-0.15, -0.1) is 0 Å². The van der Waals surface area contributed by atoms with Crippen LogP contribution in [0.4, 0.5) is 0 Å². The van der Waals surface area contributed by atoms with Crippen LogP contribution in [0.2, 0.25) is 0 Å². The van der Waals surface area contributed by atoms with Crippen LogP contribution in [0.1, 0.15) is 6.42 Å². The number of aliphatic hydroxyl groups is 3. The molecule has 0 aromatic carbocycles. The Morgan fingerprint density at radius 1 is 1.35 bits per heavy atom. The molecule has 0 radical (unpaired) electrons. The van der Waals surface area contributed by atoms with Crippen molar-refractivity contribution in [2.24, 2.45) is 0 Å². The zero-order chi connectivity index (χ0) is 11.6. The molecule has 8 nitrogen and oxygen atoms in total. The van der Waals surface area contributed by atoms with E-state index < -0.39 is 39.0 Å². The van der Waals surface area contributed by atoms with Crippen LogP contribution in [0.5, 0.6) is 0 Å². The maximum atomic E-state index is 10.2. The third kappa shape index (κ3) is 7.34. The quantitative estimate of drug-likeness (QED) is 0.343. The Balaban J connectivity index is 0. The smallest absolute Gasteiger partial charge is 0.790 e. The molecule has 0 amide bonds. The second kappa shape index (κ2) is 8.99. The van der Waals surface area contributed by atoms with Gasteiger partial charge in [0, 0.05) is 6.42 Å². The fraction of sp³-hybridized carbons (Fsp3) is 1.00. The summed E-state index contributed by atoms with van der Waals surface area (Å²) in [4.78, 5) is 20.5. The summed E-state index contributed by atoms with van der Waals surface area (Å²) in [6.45, 7) is -0.625. The summed E-state index contributed by atoms with van der Waals surface area (Å²) in [6.07, 6.45) is -5.65. The van der Waals surface area contributed by atoms with Gasteiger partial charge in [0.25, 0.3) is 0 Å². The first-order valence-electron chi connectivity index (χ1n) is 4.16. The van der Waals surface area contributed by atoms with Crippen LogP contribution in [-0.4, -0.2) is 46.5 Å². The zero-order valence-corrected chi connectivity index (χ0v) is 14.4. The van der Waals surface area contributed by atoms with Crippen molar-refractivity contribution >= 4 is 7.82 Å². The van der Waals surface area contributed by atoms with Gasteiger partial charge in [-0.05, 0) is 0 Å². The molecule has 0 aliphatic carbocycles. The van der Waals surface area contributed by atoms with Crippen molar-refractivity contribution in [2.75, 3.05) is 6.61 Å². The van der Waals surface area contributed by atoms with Crippen LogP contribution in [0.15, 0.2) is 0 Å². The van der Waals surface area contributed by atoms with E-state index in [0.717, 1.165) is 0 Å². The molecule has 0 spiro atoms.